The highest BCUT2D eigenvalue weighted by molar-refractivity contribution is 5.86. The first-order chi connectivity index (χ1) is 13.4. The summed E-state index contributed by atoms with van der Waals surface area (Å²) in [5.41, 5.74) is 1.36. The molecule has 0 fully saturated rings. The number of ketones is 1. The Morgan fingerprint density at radius 1 is 1.07 bits per heavy atom. The van der Waals surface area contributed by atoms with E-state index in [1.54, 1.807) is 20.8 Å². The van der Waals surface area contributed by atoms with Crippen molar-refractivity contribution in [3.63, 3.8) is 0 Å². The van der Waals surface area contributed by atoms with Crippen molar-refractivity contribution in [1.29, 1.82) is 0 Å². The number of hydrogen-bond donors (Lipinski definition) is 2. The zero-order valence-corrected chi connectivity index (χ0v) is 18.5. The SMILES string of the molecule is CC(=O)CC[C@H](NC(=O)OC(C)(C)C)C(=O)NC(C)COc1c(C)cccc1C. The van der Waals surface area contributed by atoms with Crippen LogP contribution in [0, 0.1) is 13.8 Å². The number of carbonyl (C=O) groups excluding carboxylic acids is 3. The van der Waals surface area contributed by atoms with E-state index >= 15 is 0 Å². The predicted octanol–water partition coefficient (Wildman–Crippen LogP) is 3.45. The van der Waals surface area contributed by atoms with Gasteiger partial charge in [-0.05, 0) is 66.0 Å². The van der Waals surface area contributed by atoms with Gasteiger partial charge in [0.1, 0.15) is 29.8 Å². The van der Waals surface area contributed by atoms with Crippen LogP contribution in [-0.4, -0.2) is 42.1 Å². The topological polar surface area (TPSA) is 93.7 Å². The minimum Gasteiger partial charge on any atom is -0.491 e. The fourth-order valence-corrected chi connectivity index (χ4v) is 2.69. The summed E-state index contributed by atoms with van der Waals surface area (Å²) in [5.74, 6) is 0.364. The number of aryl methyl sites for hydroxylation is 2. The number of rotatable bonds is 9. The van der Waals surface area contributed by atoms with Gasteiger partial charge in [-0.2, -0.15) is 0 Å². The average Bonchev–Trinajstić information content (AvgIpc) is 2.56. The number of carbonyl (C=O) groups is 3. The maximum Gasteiger partial charge on any atom is 0.408 e. The molecule has 0 spiro atoms. The van der Waals surface area contributed by atoms with Gasteiger partial charge in [0.05, 0.1) is 6.04 Å². The molecular weight excluding hydrogens is 372 g/mol. The van der Waals surface area contributed by atoms with Crippen LogP contribution in [-0.2, 0) is 14.3 Å². The van der Waals surface area contributed by atoms with E-state index in [9.17, 15) is 14.4 Å². The Kier molecular flexibility index (Phi) is 9.14. The molecule has 1 unspecified atom stereocenters. The van der Waals surface area contributed by atoms with Crippen molar-refractivity contribution in [3.05, 3.63) is 29.3 Å². The van der Waals surface area contributed by atoms with Crippen LogP contribution < -0.4 is 15.4 Å². The Morgan fingerprint density at radius 3 is 2.17 bits per heavy atom. The minimum atomic E-state index is -0.864. The number of nitrogens with one attached hydrogen (secondary N) is 2. The first-order valence-electron chi connectivity index (χ1n) is 9.87. The minimum absolute atomic E-state index is 0.0554. The summed E-state index contributed by atoms with van der Waals surface area (Å²) in [6, 6.07) is 4.74. The van der Waals surface area contributed by atoms with Crippen LogP contribution in [0.25, 0.3) is 0 Å². The van der Waals surface area contributed by atoms with Gasteiger partial charge in [-0.25, -0.2) is 4.79 Å². The molecule has 0 saturated heterocycles. The quantitative estimate of drug-likeness (QED) is 0.655. The van der Waals surface area contributed by atoms with E-state index in [0.717, 1.165) is 16.9 Å². The lowest BCUT2D eigenvalue weighted by atomic mass is 10.1. The lowest BCUT2D eigenvalue weighted by Gasteiger charge is -2.24. The molecule has 1 aromatic rings. The van der Waals surface area contributed by atoms with E-state index in [1.165, 1.54) is 6.92 Å². The largest absolute Gasteiger partial charge is 0.491 e. The van der Waals surface area contributed by atoms with Gasteiger partial charge in [0.15, 0.2) is 0 Å². The zero-order valence-electron chi connectivity index (χ0n) is 18.5. The molecule has 1 aromatic carbocycles. The van der Waals surface area contributed by atoms with Gasteiger partial charge in [-0.3, -0.25) is 4.79 Å². The number of amides is 2. The van der Waals surface area contributed by atoms with Crippen molar-refractivity contribution in [1.82, 2.24) is 10.6 Å². The Balaban J connectivity index is 2.69. The Morgan fingerprint density at radius 2 is 1.66 bits per heavy atom. The Labute approximate surface area is 173 Å². The molecule has 162 valence electrons. The standard InChI is InChI=1S/C22H34N2O5/c1-14-9-8-10-15(2)19(14)28-13-16(3)23-20(26)18(12-11-17(4)25)24-21(27)29-22(5,6)7/h8-10,16,18H,11-13H2,1-7H3,(H,23,26)(H,24,27)/t16?,18-/m0/s1. The number of hydrogen-bond acceptors (Lipinski definition) is 5. The fraction of sp³-hybridized carbons (Fsp3) is 0.591. The maximum atomic E-state index is 12.7. The van der Waals surface area contributed by atoms with E-state index in [1.807, 2.05) is 39.0 Å². The lowest BCUT2D eigenvalue weighted by Crippen LogP contribution is -2.51. The number of alkyl carbamates (subject to hydrolysis) is 1. The normalized spacial score (nSPS) is 13.2. The second-order valence-corrected chi connectivity index (χ2v) is 8.38. The van der Waals surface area contributed by atoms with Gasteiger partial charge in [-0.1, -0.05) is 18.2 Å². The number of para-hydroxylation sites is 1. The third kappa shape index (κ3) is 9.45. The summed E-state index contributed by atoms with van der Waals surface area (Å²) in [7, 11) is 0. The van der Waals surface area contributed by atoms with Crippen LogP contribution >= 0.6 is 0 Å². The molecule has 29 heavy (non-hydrogen) atoms. The molecule has 0 heterocycles. The van der Waals surface area contributed by atoms with Crippen LogP contribution in [0.2, 0.25) is 0 Å². The van der Waals surface area contributed by atoms with Crippen LogP contribution in [0.5, 0.6) is 5.75 Å². The zero-order chi connectivity index (χ0) is 22.2. The van der Waals surface area contributed by atoms with Crippen LogP contribution in [0.4, 0.5) is 4.79 Å². The van der Waals surface area contributed by atoms with Crippen molar-refractivity contribution in [2.24, 2.45) is 0 Å². The molecule has 1 rings (SSSR count). The highest BCUT2D eigenvalue weighted by Crippen LogP contribution is 2.22. The lowest BCUT2D eigenvalue weighted by molar-refractivity contribution is -0.124. The van der Waals surface area contributed by atoms with E-state index in [4.69, 9.17) is 9.47 Å². The first-order valence-corrected chi connectivity index (χ1v) is 9.87. The Hall–Kier alpha value is -2.57. The number of ether oxygens (including phenoxy) is 2. The highest BCUT2D eigenvalue weighted by atomic mass is 16.6. The average molecular weight is 407 g/mol. The molecule has 2 amide bonds. The molecule has 2 N–H and O–H groups in total. The molecule has 0 aliphatic rings. The molecular formula is C22H34N2O5. The van der Waals surface area contributed by atoms with Gasteiger partial charge in [0.25, 0.3) is 0 Å². The van der Waals surface area contributed by atoms with Crippen molar-refractivity contribution in [2.45, 2.75) is 79.0 Å². The summed E-state index contributed by atoms with van der Waals surface area (Å²) in [6.45, 7) is 12.7. The molecule has 0 aromatic heterocycles. The molecule has 0 saturated carbocycles. The summed E-state index contributed by atoms with van der Waals surface area (Å²) in [5, 5.41) is 5.40. The van der Waals surface area contributed by atoms with Crippen molar-refractivity contribution < 1.29 is 23.9 Å². The monoisotopic (exact) mass is 406 g/mol. The van der Waals surface area contributed by atoms with Crippen LogP contribution in [0.15, 0.2) is 18.2 Å². The summed E-state index contributed by atoms with van der Waals surface area (Å²) in [4.78, 5) is 36.1. The van der Waals surface area contributed by atoms with Crippen molar-refractivity contribution in [2.75, 3.05) is 6.61 Å². The molecule has 0 bridgehead atoms. The van der Waals surface area contributed by atoms with Crippen molar-refractivity contribution in [3.8, 4) is 5.75 Å². The molecule has 7 heteroatoms. The summed E-state index contributed by atoms with van der Waals surface area (Å²) < 4.78 is 11.1. The van der Waals surface area contributed by atoms with E-state index in [0.29, 0.717) is 0 Å². The van der Waals surface area contributed by atoms with Gasteiger partial charge in [0, 0.05) is 6.42 Å². The van der Waals surface area contributed by atoms with Crippen LogP contribution in [0.3, 0.4) is 0 Å². The van der Waals surface area contributed by atoms with Crippen LogP contribution in [0.1, 0.15) is 58.6 Å². The molecule has 7 nitrogen and oxygen atoms in total. The second kappa shape index (κ2) is 10.8. The summed E-state index contributed by atoms with van der Waals surface area (Å²) >= 11 is 0. The Bertz CT molecular complexity index is 704. The molecule has 0 aliphatic heterocycles. The van der Waals surface area contributed by atoms with E-state index < -0.39 is 17.7 Å². The summed E-state index contributed by atoms with van der Waals surface area (Å²) in [6.07, 6.45) is -0.313. The van der Waals surface area contributed by atoms with E-state index in [-0.39, 0.29) is 37.2 Å². The first kappa shape index (κ1) is 24.5. The van der Waals surface area contributed by atoms with Gasteiger partial charge >= 0.3 is 6.09 Å². The third-order valence-electron chi connectivity index (χ3n) is 4.07. The predicted molar refractivity (Wildman–Crippen MR) is 112 cm³/mol. The highest BCUT2D eigenvalue weighted by Gasteiger charge is 2.25. The van der Waals surface area contributed by atoms with E-state index in [2.05, 4.69) is 10.6 Å². The maximum absolute atomic E-state index is 12.7. The van der Waals surface area contributed by atoms with Gasteiger partial charge in [-0.15, -0.1) is 0 Å². The number of Topliss-reactive ketones (excluding diaryl/α,β-unsaturated/α-hetero) is 1. The fourth-order valence-electron chi connectivity index (χ4n) is 2.69. The molecule has 0 radical (unpaired) electrons. The third-order valence-corrected chi connectivity index (χ3v) is 4.07. The van der Waals surface area contributed by atoms with Crippen molar-refractivity contribution >= 4 is 17.8 Å². The molecule has 0 aliphatic carbocycles. The second-order valence-electron chi connectivity index (χ2n) is 8.38. The van der Waals surface area contributed by atoms with Gasteiger partial charge in [0.2, 0.25) is 5.91 Å². The number of benzene rings is 1. The van der Waals surface area contributed by atoms with Gasteiger partial charge < -0.3 is 24.9 Å². The molecule has 2 atom stereocenters. The smallest absolute Gasteiger partial charge is 0.408 e.